The van der Waals surface area contributed by atoms with Gasteiger partial charge in [-0.05, 0) is 49.6 Å². The minimum absolute atomic E-state index is 0.0178. The monoisotopic (exact) mass is 422 g/mol. The Labute approximate surface area is 181 Å². The third kappa shape index (κ3) is 4.61. The van der Waals surface area contributed by atoms with Crippen LogP contribution in [0.4, 0.5) is 4.39 Å². The van der Waals surface area contributed by atoms with Gasteiger partial charge in [0.1, 0.15) is 5.82 Å². The molecule has 0 saturated carbocycles. The van der Waals surface area contributed by atoms with Crippen molar-refractivity contribution in [3.05, 3.63) is 77.4 Å². The summed E-state index contributed by atoms with van der Waals surface area (Å²) in [5.41, 5.74) is 2.56. The molecule has 0 aliphatic carbocycles. The zero-order chi connectivity index (χ0) is 22.0. The maximum atomic E-state index is 13.4. The highest BCUT2D eigenvalue weighted by Crippen LogP contribution is 2.24. The third-order valence-electron chi connectivity index (χ3n) is 5.74. The van der Waals surface area contributed by atoms with Crippen LogP contribution >= 0.6 is 0 Å². The van der Waals surface area contributed by atoms with Gasteiger partial charge in [0.2, 0.25) is 0 Å². The van der Waals surface area contributed by atoms with Crippen molar-refractivity contribution in [1.29, 1.82) is 0 Å². The summed E-state index contributed by atoms with van der Waals surface area (Å²) in [4.78, 5) is 17.4. The number of aromatic nitrogens is 2. The molecule has 1 atom stereocenters. The molecule has 7 heteroatoms. The standard InChI is InChI=1S/C24H27FN4O2/c1-17-13-20(25)9-10-21(17)29-16-22(30)23(26-29)24(31)28-12-6-11-27(14-18(28)2)15-19-7-4-3-5-8-19/h3-5,7-10,13,16,18,30H,6,11-12,14-15H2,1-2H3. The molecule has 162 valence electrons. The van der Waals surface area contributed by atoms with E-state index in [1.54, 1.807) is 17.9 Å². The van der Waals surface area contributed by atoms with Crippen molar-refractivity contribution in [1.82, 2.24) is 19.6 Å². The van der Waals surface area contributed by atoms with Crippen LogP contribution in [0.5, 0.6) is 5.75 Å². The zero-order valence-electron chi connectivity index (χ0n) is 17.8. The molecule has 0 spiro atoms. The molecule has 1 saturated heterocycles. The van der Waals surface area contributed by atoms with E-state index in [4.69, 9.17) is 0 Å². The van der Waals surface area contributed by atoms with E-state index in [0.717, 1.165) is 26.1 Å². The molecule has 6 nitrogen and oxygen atoms in total. The van der Waals surface area contributed by atoms with Gasteiger partial charge in [-0.1, -0.05) is 30.3 Å². The smallest absolute Gasteiger partial charge is 0.278 e. The lowest BCUT2D eigenvalue weighted by Gasteiger charge is -2.28. The summed E-state index contributed by atoms with van der Waals surface area (Å²) in [6.45, 7) is 6.89. The van der Waals surface area contributed by atoms with Crippen LogP contribution in [-0.2, 0) is 6.54 Å². The molecular formula is C24H27FN4O2. The van der Waals surface area contributed by atoms with Gasteiger partial charge in [0.25, 0.3) is 5.91 Å². The highest BCUT2D eigenvalue weighted by molar-refractivity contribution is 5.95. The van der Waals surface area contributed by atoms with E-state index in [2.05, 4.69) is 22.1 Å². The molecule has 1 N–H and O–H groups in total. The summed E-state index contributed by atoms with van der Waals surface area (Å²) in [5.74, 6) is -0.802. The van der Waals surface area contributed by atoms with Crippen molar-refractivity contribution < 1.29 is 14.3 Å². The number of amides is 1. The highest BCUT2D eigenvalue weighted by Gasteiger charge is 2.29. The number of aryl methyl sites for hydroxylation is 1. The van der Waals surface area contributed by atoms with Crippen LogP contribution in [0, 0.1) is 12.7 Å². The fraction of sp³-hybridized carbons (Fsp3) is 0.333. The van der Waals surface area contributed by atoms with Crippen LogP contribution in [0.25, 0.3) is 5.69 Å². The average molecular weight is 423 g/mol. The second-order valence-electron chi connectivity index (χ2n) is 8.16. The maximum absolute atomic E-state index is 13.4. The molecule has 0 bridgehead atoms. The van der Waals surface area contributed by atoms with E-state index in [1.807, 2.05) is 25.1 Å². The molecule has 4 rings (SSSR count). The van der Waals surface area contributed by atoms with Gasteiger partial charge in [0.05, 0.1) is 11.9 Å². The van der Waals surface area contributed by atoms with E-state index >= 15 is 0 Å². The van der Waals surface area contributed by atoms with Gasteiger partial charge < -0.3 is 10.0 Å². The van der Waals surface area contributed by atoms with Gasteiger partial charge in [0, 0.05) is 32.2 Å². The Balaban J connectivity index is 1.51. The number of hydrogen-bond donors (Lipinski definition) is 1. The van der Waals surface area contributed by atoms with Crippen LogP contribution in [0.1, 0.15) is 35.0 Å². The summed E-state index contributed by atoms with van der Waals surface area (Å²) in [6, 6.07) is 14.6. The van der Waals surface area contributed by atoms with Crippen molar-refractivity contribution in [3.63, 3.8) is 0 Å². The number of halogens is 1. The van der Waals surface area contributed by atoms with Crippen LogP contribution in [0.15, 0.2) is 54.7 Å². The van der Waals surface area contributed by atoms with E-state index in [-0.39, 0.29) is 29.2 Å². The predicted molar refractivity (Wildman–Crippen MR) is 117 cm³/mol. The maximum Gasteiger partial charge on any atom is 0.278 e. The molecule has 1 aromatic heterocycles. The molecular weight excluding hydrogens is 395 g/mol. The van der Waals surface area contributed by atoms with Gasteiger partial charge in [-0.3, -0.25) is 9.69 Å². The number of benzene rings is 2. The molecule has 0 radical (unpaired) electrons. The van der Waals surface area contributed by atoms with Crippen LogP contribution in [-0.4, -0.2) is 56.3 Å². The number of nitrogens with zero attached hydrogens (tertiary/aromatic N) is 4. The molecule has 3 aromatic rings. The first-order valence-electron chi connectivity index (χ1n) is 10.5. The van der Waals surface area contributed by atoms with Crippen LogP contribution in [0.2, 0.25) is 0 Å². The third-order valence-corrected chi connectivity index (χ3v) is 5.74. The van der Waals surface area contributed by atoms with Crippen molar-refractivity contribution in [2.24, 2.45) is 0 Å². The Morgan fingerprint density at radius 3 is 2.71 bits per heavy atom. The van der Waals surface area contributed by atoms with E-state index in [0.29, 0.717) is 17.8 Å². The highest BCUT2D eigenvalue weighted by atomic mass is 19.1. The first-order chi connectivity index (χ1) is 14.9. The second-order valence-corrected chi connectivity index (χ2v) is 8.16. The van der Waals surface area contributed by atoms with Crippen molar-refractivity contribution >= 4 is 5.91 Å². The van der Waals surface area contributed by atoms with Crippen molar-refractivity contribution in [2.75, 3.05) is 19.6 Å². The fourth-order valence-electron chi connectivity index (χ4n) is 4.19. The van der Waals surface area contributed by atoms with E-state index in [9.17, 15) is 14.3 Å². The second kappa shape index (κ2) is 8.89. The Morgan fingerprint density at radius 2 is 1.97 bits per heavy atom. The number of rotatable bonds is 4. The summed E-state index contributed by atoms with van der Waals surface area (Å²) < 4.78 is 14.9. The summed E-state index contributed by atoms with van der Waals surface area (Å²) in [7, 11) is 0. The topological polar surface area (TPSA) is 61.6 Å². The molecule has 2 aromatic carbocycles. The zero-order valence-corrected chi connectivity index (χ0v) is 17.8. The molecule has 1 fully saturated rings. The largest absolute Gasteiger partial charge is 0.504 e. The Hall–Kier alpha value is -3.19. The van der Waals surface area contributed by atoms with Gasteiger partial charge in [0.15, 0.2) is 11.4 Å². The quantitative estimate of drug-likeness (QED) is 0.696. The summed E-state index contributed by atoms with van der Waals surface area (Å²) >= 11 is 0. The van der Waals surface area contributed by atoms with Crippen LogP contribution in [0.3, 0.4) is 0 Å². The van der Waals surface area contributed by atoms with E-state index < -0.39 is 0 Å². The lowest BCUT2D eigenvalue weighted by molar-refractivity contribution is 0.0682. The molecule has 1 amide bonds. The first kappa shape index (κ1) is 21.1. The average Bonchev–Trinajstić information content (AvgIpc) is 3.02. The van der Waals surface area contributed by atoms with Crippen LogP contribution < -0.4 is 0 Å². The molecule has 1 unspecified atom stereocenters. The molecule has 2 heterocycles. The minimum Gasteiger partial charge on any atom is -0.504 e. The fourth-order valence-corrected chi connectivity index (χ4v) is 4.19. The molecule has 1 aliphatic heterocycles. The van der Waals surface area contributed by atoms with Gasteiger partial charge in [-0.15, -0.1) is 0 Å². The molecule has 31 heavy (non-hydrogen) atoms. The lowest BCUT2D eigenvalue weighted by Crippen LogP contribution is -2.42. The van der Waals surface area contributed by atoms with Gasteiger partial charge in [-0.25, -0.2) is 9.07 Å². The predicted octanol–water partition coefficient (Wildman–Crippen LogP) is 3.76. The first-order valence-corrected chi connectivity index (χ1v) is 10.5. The van der Waals surface area contributed by atoms with Gasteiger partial charge in [-0.2, -0.15) is 5.10 Å². The summed E-state index contributed by atoms with van der Waals surface area (Å²) in [6.07, 6.45) is 2.25. The SMILES string of the molecule is Cc1cc(F)ccc1-n1cc(O)c(C(=O)N2CCCN(Cc3ccccc3)CC2C)n1. The summed E-state index contributed by atoms with van der Waals surface area (Å²) in [5, 5.41) is 14.8. The molecule has 1 aliphatic rings. The number of carbonyl (C=O) groups excluding carboxylic acids is 1. The lowest BCUT2D eigenvalue weighted by atomic mass is 10.2. The number of aromatic hydroxyl groups is 1. The normalized spacial score (nSPS) is 17.5. The number of hydrogen-bond acceptors (Lipinski definition) is 4. The Kier molecular flexibility index (Phi) is 6.04. The Morgan fingerprint density at radius 1 is 1.19 bits per heavy atom. The number of carbonyl (C=O) groups is 1. The van der Waals surface area contributed by atoms with E-state index in [1.165, 1.54) is 28.6 Å². The Bertz CT molecular complexity index is 1070. The van der Waals surface area contributed by atoms with Gasteiger partial charge >= 0.3 is 0 Å². The van der Waals surface area contributed by atoms with Crippen molar-refractivity contribution in [3.8, 4) is 11.4 Å². The minimum atomic E-state index is -0.340. The van der Waals surface area contributed by atoms with Crippen molar-refractivity contribution in [2.45, 2.75) is 32.9 Å².